The second-order valence-electron chi connectivity index (χ2n) is 3.79. The minimum Gasteiger partial charge on any atom is -0.462 e. The summed E-state index contributed by atoms with van der Waals surface area (Å²) in [5.41, 5.74) is -0.701. The van der Waals surface area contributed by atoms with E-state index in [1.54, 1.807) is 0 Å². The molecule has 0 saturated carbocycles. The zero-order chi connectivity index (χ0) is 15.3. The summed E-state index contributed by atoms with van der Waals surface area (Å²) in [6.07, 6.45) is 0.382. The third-order valence-corrected chi connectivity index (χ3v) is 3.20. The average Bonchev–Trinajstić information content (AvgIpc) is 2.32. The standard InChI is InChI=1S/C11H13F2NO5S/c1-18-3-2-4-19-11(15)7-5-10(20(14,16)17)9(13)6-8(7)12/h5-6H,2-4H2,1H3,(H2,14,16,17). The van der Waals surface area contributed by atoms with Gasteiger partial charge >= 0.3 is 5.97 Å². The van der Waals surface area contributed by atoms with Gasteiger partial charge in [-0.05, 0) is 6.07 Å². The summed E-state index contributed by atoms with van der Waals surface area (Å²) in [6, 6.07) is 0.782. The molecule has 20 heavy (non-hydrogen) atoms. The maximum Gasteiger partial charge on any atom is 0.341 e. The molecule has 0 heterocycles. The molecular formula is C11H13F2NO5S. The zero-order valence-corrected chi connectivity index (χ0v) is 11.4. The topological polar surface area (TPSA) is 95.7 Å². The maximum atomic E-state index is 13.4. The number of ether oxygens (including phenoxy) is 2. The van der Waals surface area contributed by atoms with Gasteiger partial charge in [-0.15, -0.1) is 0 Å². The van der Waals surface area contributed by atoms with Crippen molar-refractivity contribution in [2.24, 2.45) is 5.14 Å². The normalized spacial score (nSPS) is 11.4. The van der Waals surface area contributed by atoms with E-state index in [9.17, 15) is 22.0 Å². The number of rotatable bonds is 6. The van der Waals surface area contributed by atoms with Crippen LogP contribution in [0.5, 0.6) is 0 Å². The molecule has 6 nitrogen and oxygen atoms in total. The number of esters is 1. The van der Waals surface area contributed by atoms with Crippen LogP contribution in [0.1, 0.15) is 16.8 Å². The van der Waals surface area contributed by atoms with Crippen molar-refractivity contribution in [3.05, 3.63) is 29.3 Å². The molecule has 0 amide bonds. The van der Waals surface area contributed by atoms with Crippen molar-refractivity contribution in [1.29, 1.82) is 0 Å². The number of hydrogen-bond acceptors (Lipinski definition) is 5. The van der Waals surface area contributed by atoms with Crippen LogP contribution in [-0.4, -0.2) is 34.7 Å². The summed E-state index contributed by atoms with van der Waals surface area (Å²) in [5, 5.41) is 4.76. The number of carbonyl (C=O) groups excluding carboxylic acids is 1. The summed E-state index contributed by atoms with van der Waals surface area (Å²) >= 11 is 0. The first-order valence-corrected chi connectivity index (χ1v) is 7.00. The number of nitrogens with two attached hydrogens (primary N) is 1. The van der Waals surface area contributed by atoms with Crippen LogP contribution >= 0.6 is 0 Å². The van der Waals surface area contributed by atoms with Crippen molar-refractivity contribution < 1.29 is 31.5 Å². The molecule has 0 radical (unpaired) electrons. The van der Waals surface area contributed by atoms with Crippen molar-refractivity contribution in [1.82, 2.24) is 0 Å². The Bertz CT molecular complexity index is 603. The van der Waals surface area contributed by atoms with Crippen LogP contribution in [0.2, 0.25) is 0 Å². The second-order valence-corrected chi connectivity index (χ2v) is 5.32. The van der Waals surface area contributed by atoms with Gasteiger partial charge in [0.2, 0.25) is 10.0 Å². The molecule has 0 aliphatic rings. The van der Waals surface area contributed by atoms with Gasteiger partial charge in [0.15, 0.2) is 0 Å². The van der Waals surface area contributed by atoms with Crippen molar-refractivity contribution in [2.45, 2.75) is 11.3 Å². The van der Waals surface area contributed by atoms with E-state index in [2.05, 4.69) is 0 Å². The molecule has 0 atom stereocenters. The monoisotopic (exact) mass is 309 g/mol. The average molecular weight is 309 g/mol. The van der Waals surface area contributed by atoms with Gasteiger partial charge in [0.1, 0.15) is 16.5 Å². The summed E-state index contributed by atoms with van der Waals surface area (Å²) in [7, 11) is -2.95. The molecule has 0 unspecified atom stereocenters. The number of primary sulfonamides is 1. The fourth-order valence-electron chi connectivity index (χ4n) is 1.35. The van der Waals surface area contributed by atoms with Crippen molar-refractivity contribution in [3.8, 4) is 0 Å². The molecule has 0 bridgehead atoms. The van der Waals surface area contributed by atoms with E-state index in [4.69, 9.17) is 14.6 Å². The predicted molar refractivity (Wildman–Crippen MR) is 64.5 cm³/mol. The van der Waals surface area contributed by atoms with Crippen LogP contribution in [0, 0.1) is 11.6 Å². The Morgan fingerprint density at radius 3 is 2.45 bits per heavy atom. The fourth-order valence-corrected chi connectivity index (χ4v) is 1.96. The van der Waals surface area contributed by atoms with Gasteiger partial charge in [0.05, 0.1) is 12.2 Å². The molecule has 0 saturated heterocycles. The summed E-state index contributed by atoms with van der Waals surface area (Å²) < 4.78 is 58.3. The van der Waals surface area contributed by atoms with E-state index in [0.717, 1.165) is 0 Å². The molecule has 112 valence electrons. The molecule has 0 fully saturated rings. The Morgan fingerprint density at radius 2 is 1.90 bits per heavy atom. The summed E-state index contributed by atoms with van der Waals surface area (Å²) in [4.78, 5) is 10.6. The van der Waals surface area contributed by atoms with E-state index in [1.165, 1.54) is 7.11 Å². The highest BCUT2D eigenvalue weighted by Crippen LogP contribution is 2.19. The van der Waals surface area contributed by atoms with Crippen LogP contribution in [-0.2, 0) is 19.5 Å². The van der Waals surface area contributed by atoms with Crippen LogP contribution in [0.15, 0.2) is 17.0 Å². The lowest BCUT2D eigenvalue weighted by Crippen LogP contribution is -2.17. The Hall–Kier alpha value is -1.58. The molecule has 0 aromatic heterocycles. The smallest absolute Gasteiger partial charge is 0.341 e. The van der Waals surface area contributed by atoms with E-state index in [1.807, 2.05) is 0 Å². The van der Waals surface area contributed by atoms with Gasteiger partial charge in [0.25, 0.3) is 0 Å². The van der Waals surface area contributed by atoms with E-state index in [0.29, 0.717) is 19.1 Å². The first-order valence-electron chi connectivity index (χ1n) is 5.45. The predicted octanol–water partition coefficient (Wildman–Crippen LogP) is 0.806. The molecular weight excluding hydrogens is 296 g/mol. The Labute approximate surface area is 114 Å². The number of hydrogen-bond donors (Lipinski definition) is 1. The molecule has 0 aliphatic carbocycles. The Morgan fingerprint density at radius 1 is 1.25 bits per heavy atom. The number of sulfonamides is 1. The first-order chi connectivity index (χ1) is 9.27. The number of halogens is 2. The maximum absolute atomic E-state index is 13.4. The summed E-state index contributed by atoms with van der Waals surface area (Å²) in [6.45, 7) is 0.288. The highest BCUT2D eigenvalue weighted by molar-refractivity contribution is 7.89. The third-order valence-electron chi connectivity index (χ3n) is 2.27. The SMILES string of the molecule is COCCCOC(=O)c1cc(S(N)(=O)=O)c(F)cc1F. The fraction of sp³-hybridized carbons (Fsp3) is 0.364. The highest BCUT2D eigenvalue weighted by atomic mass is 32.2. The lowest BCUT2D eigenvalue weighted by molar-refractivity contribution is 0.0463. The molecule has 1 rings (SSSR count). The van der Waals surface area contributed by atoms with Gasteiger partial charge in [-0.25, -0.2) is 27.1 Å². The molecule has 1 aromatic carbocycles. The van der Waals surface area contributed by atoms with Crippen LogP contribution in [0.3, 0.4) is 0 Å². The largest absolute Gasteiger partial charge is 0.462 e. The number of methoxy groups -OCH3 is 1. The van der Waals surface area contributed by atoms with Gasteiger partial charge in [-0.3, -0.25) is 0 Å². The zero-order valence-electron chi connectivity index (χ0n) is 10.6. The second kappa shape index (κ2) is 6.73. The van der Waals surface area contributed by atoms with E-state index in [-0.39, 0.29) is 12.7 Å². The summed E-state index contributed by atoms with van der Waals surface area (Å²) in [5.74, 6) is -3.71. The number of benzene rings is 1. The minimum absolute atomic E-state index is 0.0474. The van der Waals surface area contributed by atoms with Crippen LogP contribution in [0.25, 0.3) is 0 Å². The molecule has 0 spiro atoms. The van der Waals surface area contributed by atoms with Gasteiger partial charge in [-0.1, -0.05) is 0 Å². The van der Waals surface area contributed by atoms with E-state index < -0.39 is 38.1 Å². The quantitative estimate of drug-likeness (QED) is 0.619. The minimum atomic E-state index is -4.40. The Balaban J connectivity index is 2.98. The molecule has 9 heteroatoms. The third kappa shape index (κ3) is 4.22. The van der Waals surface area contributed by atoms with Crippen LogP contribution in [0.4, 0.5) is 8.78 Å². The lowest BCUT2D eigenvalue weighted by atomic mass is 10.2. The van der Waals surface area contributed by atoms with Crippen molar-refractivity contribution in [3.63, 3.8) is 0 Å². The first kappa shape index (κ1) is 16.5. The molecule has 2 N–H and O–H groups in total. The van der Waals surface area contributed by atoms with Crippen molar-refractivity contribution >= 4 is 16.0 Å². The van der Waals surface area contributed by atoms with Gasteiger partial charge in [-0.2, -0.15) is 0 Å². The molecule has 0 aliphatic heterocycles. The lowest BCUT2D eigenvalue weighted by Gasteiger charge is -2.07. The van der Waals surface area contributed by atoms with Crippen molar-refractivity contribution in [2.75, 3.05) is 20.3 Å². The van der Waals surface area contributed by atoms with Gasteiger partial charge < -0.3 is 9.47 Å². The molecule has 1 aromatic rings. The van der Waals surface area contributed by atoms with Crippen LogP contribution < -0.4 is 5.14 Å². The Kier molecular flexibility index (Phi) is 5.54. The van der Waals surface area contributed by atoms with Gasteiger partial charge in [0, 0.05) is 26.2 Å². The number of carbonyl (C=O) groups is 1. The highest BCUT2D eigenvalue weighted by Gasteiger charge is 2.22. The van der Waals surface area contributed by atoms with E-state index >= 15 is 0 Å².